The van der Waals surface area contributed by atoms with Gasteiger partial charge in [0, 0.05) is 12.1 Å². The van der Waals surface area contributed by atoms with E-state index in [9.17, 15) is 9.90 Å². The zero-order valence-electron chi connectivity index (χ0n) is 11.6. The summed E-state index contributed by atoms with van der Waals surface area (Å²) in [5, 5.41) is 12.8. The molecular weight excluding hydrogens is 262 g/mol. The van der Waals surface area contributed by atoms with E-state index >= 15 is 0 Å². The maximum absolute atomic E-state index is 11.9. The van der Waals surface area contributed by atoms with Crippen molar-refractivity contribution in [2.45, 2.75) is 18.9 Å². The Hall–Kier alpha value is -1.20. The van der Waals surface area contributed by atoms with Crippen LogP contribution in [0.2, 0.25) is 0 Å². The Labute approximate surface area is 118 Å². The maximum Gasteiger partial charge on any atom is 0.251 e. The molecule has 4 nitrogen and oxygen atoms in total. The van der Waals surface area contributed by atoms with Crippen LogP contribution in [0.3, 0.4) is 0 Å². The van der Waals surface area contributed by atoms with Crippen LogP contribution in [-0.4, -0.2) is 42.3 Å². The molecule has 1 atom stereocenters. The van der Waals surface area contributed by atoms with Gasteiger partial charge in [0.1, 0.15) is 5.75 Å². The minimum Gasteiger partial charge on any atom is -0.497 e. The molecule has 0 saturated heterocycles. The number of nitrogens with one attached hydrogen (secondary N) is 1. The maximum atomic E-state index is 11.9. The number of hydrogen-bond donors (Lipinski definition) is 2. The molecule has 0 aliphatic heterocycles. The highest BCUT2D eigenvalue weighted by atomic mass is 32.2. The van der Waals surface area contributed by atoms with Gasteiger partial charge in [0.2, 0.25) is 0 Å². The lowest BCUT2D eigenvalue weighted by atomic mass is 10.0. The lowest BCUT2D eigenvalue weighted by Crippen LogP contribution is -2.41. The third-order valence-corrected chi connectivity index (χ3v) is 3.44. The van der Waals surface area contributed by atoms with Crippen LogP contribution in [0.5, 0.6) is 5.75 Å². The van der Waals surface area contributed by atoms with Gasteiger partial charge in [0.25, 0.3) is 5.91 Å². The van der Waals surface area contributed by atoms with Crippen LogP contribution in [0.15, 0.2) is 24.3 Å². The first kappa shape index (κ1) is 15.9. The predicted octanol–water partition coefficient (Wildman–Crippen LogP) is 1.93. The van der Waals surface area contributed by atoms with E-state index in [0.29, 0.717) is 17.7 Å². The van der Waals surface area contributed by atoms with E-state index in [-0.39, 0.29) is 12.5 Å². The van der Waals surface area contributed by atoms with Crippen molar-refractivity contribution < 1.29 is 14.6 Å². The molecule has 2 N–H and O–H groups in total. The second-order valence-corrected chi connectivity index (χ2v) is 5.64. The Morgan fingerprint density at radius 3 is 2.58 bits per heavy atom. The Morgan fingerprint density at radius 2 is 2.05 bits per heavy atom. The molecule has 106 valence electrons. The molecule has 1 aromatic carbocycles. The molecule has 0 saturated carbocycles. The van der Waals surface area contributed by atoms with Crippen LogP contribution in [-0.2, 0) is 0 Å². The number of ether oxygens (including phenoxy) is 1. The van der Waals surface area contributed by atoms with E-state index in [1.807, 2.05) is 6.26 Å². The summed E-state index contributed by atoms with van der Waals surface area (Å²) in [4.78, 5) is 11.9. The van der Waals surface area contributed by atoms with E-state index < -0.39 is 5.60 Å². The summed E-state index contributed by atoms with van der Waals surface area (Å²) in [5.41, 5.74) is -0.313. The third kappa shape index (κ3) is 5.53. The first-order chi connectivity index (χ1) is 8.98. The van der Waals surface area contributed by atoms with Crippen LogP contribution in [0.4, 0.5) is 0 Å². The van der Waals surface area contributed by atoms with Crippen molar-refractivity contribution in [2.24, 2.45) is 0 Å². The van der Waals surface area contributed by atoms with Crippen LogP contribution >= 0.6 is 11.8 Å². The number of thioether (sulfide) groups is 1. The third-order valence-electron chi connectivity index (χ3n) is 2.83. The van der Waals surface area contributed by atoms with Crippen molar-refractivity contribution in [3.05, 3.63) is 29.8 Å². The van der Waals surface area contributed by atoms with Gasteiger partial charge in [-0.05, 0) is 49.6 Å². The second kappa shape index (κ2) is 7.40. The standard InChI is InChI=1S/C14H21NO3S/c1-14(17,8-9-19-3)10-15-13(16)11-4-6-12(18-2)7-5-11/h4-7,17H,8-10H2,1-3H3,(H,15,16)/t14-/m1/s1. The Bertz CT molecular complexity index is 404. The lowest BCUT2D eigenvalue weighted by molar-refractivity contribution is 0.0528. The number of hydrogen-bond acceptors (Lipinski definition) is 4. The first-order valence-electron chi connectivity index (χ1n) is 6.12. The van der Waals surface area contributed by atoms with Crippen molar-refractivity contribution >= 4 is 17.7 Å². The molecule has 0 unspecified atom stereocenters. The van der Waals surface area contributed by atoms with Gasteiger partial charge in [-0.3, -0.25) is 4.79 Å². The van der Waals surface area contributed by atoms with Crippen LogP contribution in [0.25, 0.3) is 0 Å². The molecule has 5 heteroatoms. The summed E-state index contributed by atoms with van der Waals surface area (Å²) in [6.45, 7) is 1.98. The van der Waals surface area contributed by atoms with Gasteiger partial charge in [0.15, 0.2) is 0 Å². The molecule has 0 spiro atoms. The van der Waals surface area contributed by atoms with Crippen LogP contribution in [0, 0.1) is 0 Å². The molecule has 0 bridgehead atoms. The molecule has 0 radical (unpaired) electrons. The van der Waals surface area contributed by atoms with Crippen LogP contribution < -0.4 is 10.1 Å². The molecule has 1 aromatic rings. The highest BCUT2D eigenvalue weighted by Gasteiger charge is 2.20. The fourth-order valence-electron chi connectivity index (χ4n) is 1.53. The molecule has 19 heavy (non-hydrogen) atoms. The fraction of sp³-hybridized carbons (Fsp3) is 0.500. The normalized spacial score (nSPS) is 13.7. The van der Waals surface area contributed by atoms with Gasteiger partial charge in [-0.15, -0.1) is 0 Å². The number of rotatable bonds is 7. The lowest BCUT2D eigenvalue weighted by Gasteiger charge is -2.23. The SMILES string of the molecule is COc1ccc(C(=O)NC[C@](C)(O)CCSC)cc1. The Kier molecular flexibility index (Phi) is 6.18. The van der Waals surface area contributed by atoms with E-state index in [1.165, 1.54) is 0 Å². The van der Waals surface area contributed by atoms with E-state index in [4.69, 9.17) is 4.74 Å². The zero-order chi connectivity index (χ0) is 14.3. The number of methoxy groups -OCH3 is 1. The number of carbonyl (C=O) groups is 1. The summed E-state index contributed by atoms with van der Waals surface area (Å²) >= 11 is 1.68. The number of carbonyl (C=O) groups excluding carboxylic acids is 1. The first-order valence-corrected chi connectivity index (χ1v) is 7.51. The second-order valence-electron chi connectivity index (χ2n) is 4.65. The summed E-state index contributed by atoms with van der Waals surface area (Å²) in [5.74, 6) is 1.39. The van der Waals surface area contributed by atoms with Gasteiger partial charge in [-0.2, -0.15) is 11.8 Å². The average Bonchev–Trinajstić information content (AvgIpc) is 2.43. The molecule has 0 aromatic heterocycles. The minimum atomic E-state index is -0.870. The van der Waals surface area contributed by atoms with Crippen LogP contribution in [0.1, 0.15) is 23.7 Å². The van der Waals surface area contributed by atoms with Gasteiger partial charge >= 0.3 is 0 Å². The molecule has 0 aliphatic rings. The molecular formula is C14H21NO3S. The van der Waals surface area contributed by atoms with Crippen molar-refractivity contribution in [3.63, 3.8) is 0 Å². The van der Waals surface area contributed by atoms with Crippen molar-refractivity contribution in [1.82, 2.24) is 5.32 Å². The summed E-state index contributed by atoms with van der Waals surface area (Å²) in [6.07, 6.45) is 2.64. The molecule has 1 amide bonds. The summed E-state index contributed by atoms with van der Waals surface area (Å²) < 4.78 is 5.03. The van der Waals surface area contributed by atoms with E-state index in [2.05, 4.69) is 5.32 Å². The van der Waals surface area contributed by atoms with Gasteiger partial charge in [0.05, 0.1) is 12.7 Å². The number of aliphatic hydroxyl groups is 1. The Morgan fingerprint density at radius 1 is 1.42 bits per heavy atom. The fourth-order valence-corrected chi connectivity index (χ4v) is 2.17. The summed E-state index contributed by atoms with van der Waals surface area (Å²) in [7, 11) is 1.58. The molecule has 1 rings (SSSR count). The minimum absolute atomic E-state index is 0.188. The van der Waals surface area contributed by atoms with E-state index in [1.54, 1.807) is 50.1 Å². The molecule has 0 aliphatic carbocycles. The molecule has 0 heterocycles. The van der Waals surface area contributed by atoms with Gasteiger partial charge in [-0.25, -0.2) is 0 Å². The summed E-state index contributed by atoms with van der Waals surface area (Å²) in [6, 6.07) is 6.87. The zero-order valence-corrected chi connectivity index (χ0v) is 12.4. The highest BCUT2D eigenvalue weighted by Crippen LogP contribution is 2.13. The average molecular weight is 283 g/mol. The van der Waals surface area contributed by atoms with Crippen molar-refractivity contribution in [2.75, 3.05) is 25.7 Å². The molecule has 0 fully saturated rings. The van der Waals surface area contributed by atoms with Crippen molar-refractivity contribution in [1.29, 1.82) is 0 Å². The van der Waals surface area contributed by atoms with Gasteiger partial charge in [-0.1, -0.05) is 0 Å². The largest absolute Gasteiger partial charge is 0.497 e. The topological polar surface area (TPSA) is 58.6 Å². The smallest absolute Gasteiger partial charge is 0.251 e. The van der Waals surface area contributed by atoms with Crippen molar-refractivity contribution in [3.8, 4) is 5.75 Å². The monoisotopic (exact) mass is 283 g/mol. The number of benzene rings is 1. The Balaban J connectivity index is 2.50. The van der Waals surface area contributed by atoms with E-state index in [0.717, 1.165) is 5.75 Å². The number of amides is 1. The highest BCUT2D eigenvalue weighted by molar-refractivity contribution is 7.98. The van der Waals surface area contributed by atoms with Gasteiger partial charge < -0.3 is 15.2 Å². The quantitative estimate of drug-likeness (QED) is 0.803. The predicted molar refractivity (Wildman–Crippen MR) is 79.0 cm³/mol.